The molecule has 0 amide bonds. The molecule has 2 aromatic rings. The Kier molecular flexibility index (Phi) is 3.76. The van der Waals surface area contributed by atoms with Crippen molar-refractivity contribution in [1.82, 2.24) is 14.5 Å². The van der Waals surface area contributed by atoms with Gasteiger partial charge in [0.05, 0.1) is 11.5 Å². The Morgan fingerprint density at radius 3 is 2.76 bits per heavy atom. The van der Waals surface area contributed by atoms with E-state index in [2.05, 4.69) is 28.0 Å². The first kappa shape index (κ1) is 17.0. The van der Waals surface area contributed by atoms with Gasteiger partial charge in [-0.25, -0.2) is 9.97 Å². The number of fused-ring (bicyclic) bond motifs is 1. The third kappa shape index (κ3) is 2.69. The van der Waals surface area contributed by atoms with Gasteiger partial charge in [0.1, 0.15) is 17.1 Å². The van der Waals surface area contributed by atoms with Gasteiger partial charge in [0, 0.05) is 23.6 Å². The van der Waals surface area contributed by atoms with Crippen molar-refractivity contribution in [2.24, 2.45) is 11.3 Å². The molecule has 0 aromatic carbocycles. The molecule has 2 aliphatic carbocycles. The SMILES string of the molecule is C=C1CC2(C1)C[C@@H](n1ccc3c(Cl)ncnc31)[C@H](C)[C@@H]2OC(C)(C)O. The summed E-state index contributed by atoms with van der Waals surface area (Å²) in [7, 11) is 0. The fraction of sp³-hybridized carbons (Fsp3) is 0.579. The van der Waals surface area contributed by atoms with Gasteiger partial charge in [0.2, 0.25) is 0 Å². The average molecular weight is 362 g/mol. The van der Waals surface area contributed by atoms with Gasteiger partial charge >= 0.3 is 0 Å². The van der Waals surface area contributed by atoms with Crippen LogP contribution >= 0.6 is 11.6 Å². The van der Waals surface area contributed by atoms with Gasteiger partial charge in [-0.1, -0.05) is 30.7 Å². The third-order valence-corrected chi connectivity index (χ3v) is 6.04. The van der Waals surface area contributed by atoms with Crippen LogP contribution in [0.4, 0.5) is 0 Å². The van der Waals surface area contributed by atoms with Crippen molar-refractivity contribution >= 4 is 22.6 Å². The van der Waals surface area contributed by atoms with E-state index in [9.17, 15) is 5.11 Å². The number of halogens is 1. The number of aliphatic hydroxyl groups is 1. The van der Waals surface area contributed by atoms with Crippen molar-refractivity contribution in [3.8, 4) is 0 Å². The summed E-state index contributed by atoms with van der Waals surface area (Å²) >= 11 is 6.21. The third-order valence-electron chi connectivity index (χ3n) is 5.74. The van der Waals surface area contributed by atoms with Crippen molar-refractivity contribution in [2.45, 2.75) is 58.0 Å². The van der Waals surface area contributed by atoms with E-state index in [1.165, 1.54) is 11.9 Å². The van der Waals surface area contributed by atoms with Crippen LogP contribution in [0.25, 0.3) is 11.0 Å². The predicted molar refractivity (Wildman–Crippen MR) is 97.3 cm³/mol. The molecule has 1 spiro atoms. The second kappa shape index (κ2) is 5.53. The minimum Gasteiger partial charge on any atom is -0.366 e. The second-order valence-corrected chi connectivity index (χ2v) is 8.56. The molecule has 1 N–H and O–H groups in total. The van der Waals surface area contributed by atoms with E-state index in [1.807, 2.05) is 12.3 Å². The largest absolute Gasteiger partial charge is 0.366 e. The zero-order chi connectivity index (χ0) is 18.0. The minimum absolute atomic E-state index is 0.0160. The summed E-state index contributed by atoms with van der Waals surface area (Å²) in [5.41, 5.74) is 2.17. The standard InChI is InChI=1S/C19H24ClN3O2/c1-11-7-19(8-11)9-14(12(2)15(19)25-18(3,4)24)23-6-5-13-16(20)21-10-22-17(13)23/h5-6,10,12,14-15,24H,1,7-9H2,2-4H3/t12-,14+,15-/m0/s1. The lowest BCUT2D eigenvalue weighted by molar-refractivity contribution is -0.238. The number of ether oxygens (including phenoxy) is 1. The second-order valence-electron chi connectivity index (χ2n) is 8.21. The smallest absolute Gasteiger partial charge is 0.160 e. The van der Waals surface area contributed by atoms with Crippen LogP contribution in [0, 0.1) is 11.3 Å². The first-order valence-electron chi connectivity index (χ1n) is 8.74. The van der Waals surface area contributed by atoms with Crippen molar-refractivity contribution in [3.63, 3.8) is 0 Å². The molecule has 2 aromatic heterocycles. The van der Waals surface area contributed by atoms with E-state index in [4.69, 9.17) is 16.3 Å². The van der Waals surface area contributed by atoms with Crippen molar-refractivity contribution in [1.29, 1.82) is 0 Å². The molecule has 6 heteroatoms. The molecule has 0 bridgehead atoms. The molecule has 2 aliphatic rings. The van der Waals surface area contributed by atoms with Gasteiger partial charge in [0.15, 0.2) is 5.79 Å². The molecule has 5 nitrogen and oxygen atoms in total. The quantitative estimate of drug-likeness (QED) is 0.507. The van der Waals surface area contributed by atoms with E-state index in [0.717, 1.165) is 30.3 Å². The zero-order valence-corrected chi connectivity index (χ0v) is 15.6. The highest BCUT2D eigenvalue weighted by Gasteiger charge is 2.58. The molecule has 2 saturated carbocycles. The van der Waals surface area contributed by atoms with Gasteiger partial charge in [-0.05, 0) is 39.2 Å². The van der Waals surface area contributed by atoms with Crippen LogP contribution in [0.3, 0.4) is 0 Å². The summed E-state index contributed by atoms with van der Waals surface area (Å²) in [5, 5.41) is 11.6. The van der Waals surface area contributed by atoms with Crippen LogP contribution in [0.5, 0.6) is 0 Å². The molecule has 2 fully saturated rings. The summed E-state index contributed by atoms with van der Waals surface area (Å²) in [4.78, 5) is 8.51. The van der Waals surface area contributed by atoms with Gasteiger partial charge < -0.3 is 14.4 Å². The van der Waals surface area contributed by atoms with Crippen LogP contribution in [0.1, 0.15) is 46.1 Å². The highest BCUT2D eigenvalue weighted by molar-refractivity contribution is 6.33. The van der Waals surface area contributed by atoms with Crippen molar-refractivity contribution < 1.29 is 9.84 Å². The molecule has 134 valence electrons. The number of hydrogen-bond donors (Lipinski definition) is 1. The van der Waals surface area contributed by atoms with Crippen LogP contribution in [0.2, 0.25) is 5.15 Å². The van der Waals surface area contributed by atoms with Crippen LogP contribution in [0.15, 0.2) is 30.7 Å². The number of hydrogen-bond acceptors (Lipinski definition) is 4. The van der Waals surface area contributed by atoms with Gasteiger partial charge in [-0.2, -0.15) is 0 Å². The monoisotopic (exact) mass is 361 g/mol. The number of rotatable bonds is 3. The Hall–Kier alpha value is -1.43. The number of allylic oxidation sites excluding steroid dienone is 1. The molecule has 0 unspecified atom stereocenters. The molecular weight excluding hydrogens is 338 g/mol. The summed E-state index contributed by atoms with van der Waals surface area (Å²) < 4.78 is 8.32. The summed E-state index contributed by atoms with van der Waals surface area (Å²) in [5.74, 6) is -0.911. The Morgan fingerprint density at radius 2 is 2.12 bits per heavy atom. The topological polar surface area (TPSA) is 60.2 Å². The van der Waals surface area contributed by atoms with Gasteiger partial charge in [-0.3, -0.25) is 0 Å². The molecule has 0 radical (unpaired) electrons. The van der Waals surface area contributed by atoms with E-state index in [0.29, 0.717) is 5.15 Å². The Balaban J connectivity index is 1.73. The Labute approximate surface area is 152 Å². The maximum atomic E-state index is 10.2. The molecule has 25 heavy (non-hydrogen) atoms. The van der Waals surface area contributed by atoms with Gasteiger partial charge in [-0.15, -0.1) is 0 Å². The fourth-order valence-corrected chi connectivity index (χ4v) is 5.06. The minimum atomic E-state index is -1.15. The summed E-state index contributed by atoms with van der Waals surface area (Å²) in [6.45, 7) is 9.72. The van der Waals surface area contributed by atoms with Crippen LogP contribution in [-0.4, -0.2) is 31.5 Å². The average Bonchev–Trinajstić information content (AvgIpc) is 3.01. The molecule has 3 atom stereocenters. The van der Waals surface area contributed by atoms with Crippen LogP contribution in [-0.2, 0) is 4.74 Å². The van der Waals surface area contributed by atoms with Gasteiger partial charge in [0.25, 0.3) is 0 Å². The molecule has 0 aliphatic heterocycles. The molecule has 4 rings (SSSR count). The molecule has 0 saturated heterocycles. The highest BCUT2D eigenvalue weighted by atomic mass is 35.5. The van der Waals surface area contributed by atoms with Crippen molar-refractivity contribution in [2.75, 3.05) is 0 Å². The summed E-state index contributed by atoms with van der Waals surface area (Å²) in [6.07, 6.45) is 6.44. The first-order chi connectivity index (χ1) is 11.7. The first-order valence-corrected chi connectivity index (χ1v) is 9.12. The highest BCUT2D eigenvalue weighted by Crippen LogP contribution is 2.62. The lowest BCUT2D eigenvalue weighted by Crippen LogP contribution is -2.46. The van der Waals surface area contributed by atoms with E-state index >= 15 is 0 Å². The van der Waals surface area contributed by atoms with E-state index in [1.54, 1.807) is 13.8 Å². The van der Waals surface area contributed by atoms with E-state index in [-0.39, 0.29) is 23.5 Å². The lowest BCUT2D eigenvalue weighted by atomic mass is 9.63. The van der Waals surface area contributed by atoms with Crippen molar-refractivity contribution in [3.05, 3.63) is 35.9 Å². The molecule has 2 heterocycles. The maximum Gasteiger partial charge on any atom is 0.160 e. The number of aromatic nitrogens is 3. The predicted octanol–water partition coefficient (Wildman–Crippen LogP) is 4.12. The van der Waals surface area contributed by atoms with E-state index < -0.39 is 5.79 Å². The van der Waals surface area contributed by atoms with Crippen LogP contribution < -0.4 is 0 Å². The zero-order valence-electron chi connectivity index (χ0n) is 14.9. The summed E-state index contributed by atoms with van der Waals surface area (Å²) in [6, 6.07) is 2.21. The fourth-order valence-electron chi connectivity index (χ4n) is 4.87. The Morgan fingerprint density at radius 1 is 1.40 bits per heavy atom. The normalized spacial score (nSPS) is 28.7. The Bertz CT molecular complexity index is 831. The lowest BCUT2D eigenvalue weighted by Gasteiger charge is -2.47. The molecular formula is C19H24ClN3O2. The maximum absolute atomic E-state index is 10.2. The number of nitrogens with zero attached hydrogens (tertiary/aromatic N) is 3.